The molecule has 28 heavy (non-hydrogen) atoms. The molecule has 148 valence electrons. The first-order valence-electron chi connectivity index (χ1n) is 9.55. The molecular formula is C22H26BrN3O2. The normalized spacial score (nSPS) is 14.1. The average molecular weight is 444 g/mol. The van der Waals surface area contributed by atoms with Gasteiger partial charge in [0.05, 0.1) is 6.54 Å². The Hall–Kier alpha value is -2.18. The van der Waals surface area contributed by atoms with Gasteiger partial charge in [-0.2, -0.15) is 0 Å². The number of anilines is 1. The highest BCUT2D eigenvalue weighted by molar-refractivity contribution is 9.10. The van der Waals surface area contributed by atoms with Crippen LogP contribution in [-0.4, -0.2) is 48.3 Å². The van der Waals surface area contributed by atoms with E-state index in [1.54, 1.807) is 7.05 Å². The van der Waals surface area contributed by atoms with Crippen molar-refractivity contribution in [1.29, 1.82) is 0 Å². The van der Waals surface area contributed by atoms with Crippen LogP contribution in [0.4, 0.5) is 5.69 Å². The third-order valence-electron chi connectivity index (χ3n) is 4.97. The molecule has 0 aliphatic carbocycles. The van der Waals surface area contributed by atoms with E-state index in [0.29, 0.717) is 5.56 Å². The second-order valence-corrected chi connectivity index (χ2v) is 8.27. The molecule has 2 amide bonds. The summed E-state index contributed by atoms with van der Waals surface area (Å²) in [6.07, 6.45) is 2.49. The van der Waals surface area contributed by atoms with Crippen LogP contribution in [0.1, 0.15) is 34.3 Å². The van der Waals surface area contributed by atoms with Crippen molar-refractivity contribution in [2.45, 2.75) is 26.3 Å². The highest BCUT2D eigenvalue weighted by atomic mass is 79.9. The molecule has 1 saturated heterocycles. The number of nitrogens with one attached hydrogen (secondary N) is 1. The van der Waals surface area contributed by atoms with Gasteiger partial charge in [-0.1, -0.05) is 28.1 Å². The fourth-order valence-corrected chi connectivity index (χ4v) is 3.94. The Morgan fingerprint density at radius 3 is 2.61 bits per heavy atom. The first-order chi connectivity index (χ1) is 13.4. The number of rotatable bonds is 6. The minimum absolute atomic E-state index is 0.00465. The summed E-state index contributed by atoms with van der Waals surface area (Å²) in [5.74, 6) is -0.361. The van der Waals surface area contributed by atoms with Crippen LogP contribution >= 0.6 is 15.9 Å². The Labute approximate surface area is 174 Å². The number of carbonyl (C=O) groups is 2. The van der Waals surface area contributed by atoms with Crippen molar-refractivity contribution in [3.8, 4) is 0 Å². The fourth-order valence-electron chi connectivity index (χ4n) is 3.47. The van der Waals surface area contributed by atoms with Gasteiger partial charge in [0.2, 0.25) is 5.91 Å². The maximum absolute atomic E-state index is 12.8. The number of halogens is 1. The third-order valence-corrected chi connectivity index (χ3v) is 5.46. The molecule has 0 spiro atoms. The van der Waals surface area contributed by atoms with Crippen LogP contribution in [0, 0.1) is 6.92 Å². The summed E-state index contributed by atoms with van der Waals surface area (Å²) in [5, 5.41) is 2.87. The van der Waals surface area contributed by atoms with Gasteiger partial charge in [-0.25, -0.2) is 0 Å². The van der Waals surface area contributed by atoms with Crippen molar-refractivity contribution in [3.63, 3.8) is 0 Å². The largest absolute Gasteiger partial charge is 0.332 e. The zero-order valence-electron chi connectivity index (χ0n) is 16.4. The van der Waals surface area contributed by atoms with Crippen molar-refractivity contribution in [2.24, 2.45) is 0 Å². The number of hydrogen-bond donors (Lipinski definition) is 1. The molecule has 2 aromatic carbocycles. The summed E-state index contributed by atoms with van der Waals surface area (Å²) in [6.45, 7) is 5.04. The van der Waals surface area contributed by atoms with E-state index in [1.807, 2.05) is 43.3 Å². The van der Waals surface area contributed by atoms with Crippen molar-refractivity contribution >= 4 is 33.4 Å². The lowest BCUT2D eigenvalue weighted by Crippen LogP contribution is -2.35. The number of carbonyl (C=O) groups excluding carboxylic acids is 2. The summed E-state index contributed by atoms with van der Waals surface area (Å²) >= 11 is 3.41. The summed E-state index contributed by atoms with van der Waals surface area (Å²) in [5.41, 5.74) is 3.47. The van der Waals surface area contributed by atoms with E-state index in [1.165, 1.54) is 17.7 Å². The van der Waals surface area contributed by atoms with Crippen molar-refractivity contribution in [1.82, 2.24) is 9.80 Å². The van der Waals surface area contributed by atoms with E-state index in [4.69, 9.17) is 0 Å². The number of benzene rings is 2. The number of hydrogen-bond acceptors (Lipinski definition) is 3. The predicted molar refractivity (Wildman–Crippen MR) is 115 cm³/mol. The lowest BCUT2D eigenvalue weighted by Gasteiger charge is -2.19. The van der Waals surface area contributed by atoms with E-state index < -0.39 is 0 Å². The lowest BCUT2D eigenvalue weighted by molar-refractivity contribution is -0.116. The Morgan fingerprint density at radius 2 is 1.89 bits per heavy atom. The number of likely N-dealkylation sites (tertiary alicyclic amines) is 1. The van der Waals surface area contributed by atoms with E-state index in [-0.39, 0.29) is 18.4 Å². The lowest BCUT2D eigenvalue weighted by atomic mass is 10.1. The molecule has 1 heterocycles. The van der Waals surface area contributed by atoms with E-state index in [2.05, 4.69) is 32.2 Å². The Bertz CT molecular complexity index is 863. The third kappa shape index (κ3) is 5.42. The van der Waals surface area contributed by atoms with E-state index >= 15 is 0 Å². The number of aryl methyl sites for hydroxylation is 1. The SMILES string of the molecule is Cc1cc(Br)ccc1NC(=O)CN(C)C(=O)c1cccc(CN2CCCC2)c1. The number of nitrogens with zero attached hydrogens (tertiary/aromatic N) is 2. The molecule has 0 saturated carbocycles. The predicted octanol–water partition coefficient (Wildman–Crippen LogP) is 4.06. The molecule has 1 N–H and O–H groups in total. The molecule has 2 aromatic rings. The monoisotopic (exact) mass is 443 g/mol. The van der Waals surface area contributed by atoms with Gasteiger partial charge >= 0.3 is 0 Å². The molecule has 5 nitrogen and oxygen atoms in total. The van der Waals surface area contributed by atoms with Gasteiger partial charge in [-0.05, 0) is 74.3 Å². The van der Waals surface area contributed by atoms with Gasteiger partial charge in [-0.3, -0.25) is 14.5 Å². The second-order valence-electron chi connectivity index (χ2n) is 7.35. The van der Waals surface area contributed by atoms with Gasteiger partial charge in [0.15, 0.2) is 0 Å². The van der Waals surface area contributed by atoms with Crippen molar-refractivity contribution in [2.75, 3.05) is 32.0 Å². The van der Waals surface area contributed by atoms with Gasteiger partial charge in [-0.15, -0.1) is 0 Å². The van der Waals surface area contributed by atoms with Crippen LogP contribution in [0.15, 0.2) is 46.9 Å². The summed E-state index contributed by atoms with van der Waals surface area (Å²) in [7, 11) is 1.66. The van der Waals surface area contributed by atoms with Crippen LogP contribution in [0.25, 0.3) is 0 Å². The van der Waals surface area contributed by atoms with Crippen LogP contribution in [0.3, 0.4) is 0 Å². The Balaban J connectivity index is 1.59. The van der Waals surface area contributed by atoms with Crippen LogP contribution in [0.5, 0.6) is 0 Å². The van der Waals surface area contributed by atoms with Crippen LogP contribution in [-0.2, 0) is 11.3 Å². The first kappa shape index (κ1) is 20.6. The standard InChI is InChI=1S/C22H26BrN3O2/c1-16-12-19(23)8-9-20(16)24-21(27)15-25(2)22(28)18-7-5-6-17(13-18)14-26-10-3-4-11-26/h5-9,12-13H,3-4,10-11,14-15H2,1-2H3,(H,24,27). The molecule has 0 radical (unpaired) electrons. The molecule has 1 aliphatic heterocycles. The zero-order valence-corrected chi connectivity index (χ0v) is 18.0. The zero-order chi connectivity index (χ0) is 20.1. The summed E-state index contributed by atoms with van der Waals surface area (Å²) < 4.78 is 0.962. The molecule has 1 aliphatic rings. The highest BCUT2D eigenvalue weighted by Crippen LogP contribution is 2.20. The maximum Gasteiger partial charge on any atom is 0.254 e. The fraction of sp³-hybridized carbons (Fsp3) is 0.364. The van der Waals surface area contributed by atoms with Crippen molar-refractivity contribution in [3.05, 3.63) is 63.6 Å². The maximum atomic E-state index is 12.8. The highest BCUT2D eigenvalue weighted by Gasteiger charge is 2.17. The number of likely N-dealkylation sites (N-methyl/N-ethyl adjacent to an activating group) is 1. The van der Waals surface area contributed by atoms with Crippen LogP contribution < -0.4 is 5.32 Å². The van der Waals surface area contributed by atoms with Gasteiger partial charge < -0.3 is 10.2 Å². The van der Waals surface area contributed by atoms with Gasteiger partial charge in [0.25, 0.3) is 5.91 Å². The Kier molecular flexibility index (Phi) is 6.86. The first-order valence-corrected chi connectivity index (χ1v) is 10.3. The molecule has 3 rings (SSSR count). The minimum Gasteiger partial charge on any atom is -0.332 e. The molecular weight excluding hydrogens is 418 g/mol. The molecule has 0 aromatic heterocycles. The Morgan fingerprint density at radius 1 is 1.14 bits per heavy atom. The van der Waals surface area contributed by atoms with Gasteiger partial charge in [0.1, 0.15) is 0 Å². The van der Waals surface area contributed by atoms with E-state index in [0.717, 1.165) is 40.9 Å². The molecule has 0 atom stereocenters. The summed E-state index contributed by atoms with van der Waals surface area (Å²) in [4.78, 5) is 29.0. The molecule has 6 heteroatoms. The average Bonchev–Trinajstić information content (AvgIpc) is 3.16. The topological polar surface area (TPSA) is 52.7 Å². The molecule has 0 bridgehead atoms. The van der Waals surface area contributed by atoms with Crippen molar-refractivity contribution < 1.29 is 9.59 Å². The minimum atomic E-state index is -0.213. The molecule has 1 fully saturated rings. The smallest absolute Gasteiger partial charge is 0.254 e. The van der Waals surface area contributed by atoms with Crippen LogP contribution in [0.2, 0.25) is 0 Å². The second kappa shape index (κ2) is 9.34. The molecule has 0 unspecified atom stereocenters. The van der Waals surface area contributed by atoms with E-state index in [9.17, 15) is 9.59 Å². The van der Waals surface area contributed by atoms with Gasteiger partial charge in [0, 0.05) is 29.3 Å². The quantitative estimate of drug-likeness (QED) is 0.731. The number of amides is 2. The summed E-state index contributed by atoms with van der Waals surface area (Å²) in [6, 6.07) is 13.4.